The molecule has 1 aliphatic carbocycles. The summed E-state index contributed by atoms with van der Waals surface area (Å²) >= 11 is 1.37. The summed E-state index contributed by atoms with van der Waals surface area (Å²) in [6, 6.07) is 3.33. The molecule has 1 aromatic heterocycles. The van der Waals surface area contributed by atoms with Gasteiger partial charge in [-0.25, -0.2) is 18.0 Å². The Labute approximate surface area is 180 Å². The first-order valence-corrected chi connectivity index (χ1v) is 10.6. The summed E-state index contributed by atoms with van der Waals surface area (Å²) in [5.41, 5.74) is 0.595. The van der Waals surface area contributed by atoms with Crippen molar-refractivity contribution in [1.82, 2.24) is 5.32 Å². The average molecular weight is 454 g/mol. The van der Waals surface area contributed by atoms with Gasteiger partial charge in [-0.05, 0) is 48.9 Å². The predicted molar refractivity (Wildman–Crippen MR) is 108 cm³/mol. The number of benzene rings is 1. The molecule has 10 heteroatoms. The number of rotatable bonds is 7. The van der Waals surface area contributed by atoms with E-state index < -0.39 is 54.1 Å². The van der Waals surface area contributed by atoms with Gasteiger partial charge in [0.1, 0.15) is 4.88 Å². The molecule has 0 saturated heterocycles. The monoisotopic (exact) mass is 454 g/mol. The highest BCUT2D eigenvalue weighted by molar-refractivity contribution is 7.14. The molecular formula is C21H21F3N2O4S. The van der Waals surface area contributed by atoms with Crippen molar-refractivity contribution >= 4 is 34.8 Å². The summed E-state index contributed by atoms with van der Waals surface area (Å²) in [6.07, 6.45) is 4.05. The second kappa shape index (κ2) is 9.95. The van der Waals surface area contributed by atoms with E-state index in [1.54, 1.807) is 0 Å². The van der Waals surface area contributed by atoms with Gasteiger partial charge < -0.3 is 15.4 Å². The zero-order valence-corrected chi connectivity index (χ0v) is 17.5. The maximum absolute atomic E-state index is 13.5. The number of hydrogen-bond acceptors (Lipinski definition) is 5. The van der Waals surface area contributed by atoms with Crippen molar-refractivity contribution in [3.63, 3.8) is 0 Å². The number of amides is 2. The minimum Gasteiger partial charge on any atom is -0.451 e. The molecule has 2 aromatic rings. The Kier molecular flexibility index (Phi) is 7.32. The van der Waals surface area contributed by atoms with Crippen LogP contribution in [0, 0.1) is 23.4 Å². The van der Waals surface area contributed by atoms with Crippen LogP contribution in [0.1, 0.15) is 39.9 Å². The highest BCUT2D eigenvalue weighted by Gasteiger charge is 2.23. The third kappa shape index (κ3) is 5.63. The molecule has 0 saturated carbocycles. The lowest BCUT2D eigenvalue weighted by molar-refractivity contribution is -0.126. The Balaban J connectivity index is 1.44. The molecule has 1 aromatic carbocycles. The van der Waals surface area contributed by atoms with Gasteiger partial charge in [0.15, 0.2) is 24.1 Å². The quantitative estimate of drug-likeness (QED) is 0.495. The smallest absolute Gasteiger partial charge is 0.348 e. The van der Waals surface area contributed by atoms with Gasteiger partial charge in [0.2, 0.25) is 5.91 Å². The van der Waals surface area contributed by atoms with Crippen LogP contribution in [-0.2, 0) is 27.2 Å². The van der Waals surface area contributed by atoms with Gasteiger partial charge in [0.25, 0.3) is 5.91 Å². The number of thiophene rings is 1. The molecule has 3 rings (SSSR count). The normalized spacial score (nSPS) is 15.2. The Morgan fingerprint density at radius 3 is 2.68 bits per heavy atom. The van der Waals surface area contributed by atoms with Crippen LogP contribution in [-0.4, -0.2) is 30.9 Å². The number of halogens is 3. The second-order valence-corrected chi connectivity index (χ2v) is 8.34. The van der Waals surface area contributed by atoms with Crippen LogP contribution >= 0.6 is 11.3 Å². The fourth-order valence-electron chi connectivity index (χ4n) is 3.30. The van der Waals surface area contributed by atoms with Crippen LogP contribution in [0.2, 0.25) is 0 Å². The Bertz CT molecular complexity index is 1010. The Morgan fingerprint density at radius 1 is 1.16 bits per heavy atom. The van der Waals surface area contributed by atoms with Gasteiger partial charge in [-0.3, -0.25) is 9.59 Å². The molecule has 0 radical (unpaired) electrons. The number of fused-ring (bicyclic) bond motifs is 1. The number of carbonyl (C=O) groups is 3. The third-order valence-electron chi connectivity index (χ3n) is 5.05. The van der Waals surface area contributed by atoms with Gasteiger partial charge in [0, 0.05) is 4.88 Å². The average Bonchev–Trinajstić information content (AvgIpc) is 3.19. The predicted octanol–water partition coefficient (Wildman–Crippen LogP) is 3.59. The molecule has 6 nitrogen and oxygen atoms in total. The van der Waals surface area contributed by atoms with Crippen LogP contribution in [0.5, 0.6) is 0 Å². The highest BCUT2D eigenvalue weighted by atomic mass is 32.1. The maximum atomic E-state index is 13.5. The SMILES string of the molecule is CC[C@H]1CCc2sc(C(=O)OCC(=O)NCC(=O)Nc3ccc(F)c(F)c3F)cc2C1. The van der Waals surface area contributed by atoms with Gasteiger partial charge in [-0.1, -0.05) is 13.3 Å². The first-order chi connectivity index (χ1) is 14.8. The topological polar surface area (TPSA) is 84.5 Å². The van der Waals surface area contributed by atoms with E-state index >= 15 is 0 Å². The van der Waals surface area contributed by atoms with E-state index in [2.05, 4.69) is 12.2 Å². The third-order valence-corrected chi connectivity index (χ3v) is 6.27. The molecule has 0 spiro atoms. The number of anilines is 1. The highest BCUT2D eigenvalue weighted by Crippen LogP contribution is 2.33. The molecule has 1 atom stereocenters. The lowest BCUT2D eigenvalue weighted by Crippen LogP contribution is -2.35. The van der Waals surface area contributed by atoms with Gasteiger partial charge in [-0.2, -0.15) is 0 Å². The summed E-state index contributed by atoms with van der Waals surface area (Å²) in [4.78, 5) is 37.4. The van der Waals surface area contributed by atoms with Crippen molar-refractivity contribution in [2.75, 3.05) is 18.5 Å². The van der Waals surface area contributed by atoms with Crippen molar-refractivity contribution in [2.24, 2.45) is 5.92 Å². The van der Waals surface area contributed by atoms with E-state index in [4.69, 9.17) is 4.74 Å². The Morgan fingerprint density at radius 2 is 1.94 bits per heavy atom. The largest absolute Gasteiger partial charge is 0.451 e. The molecule has 0 unspecified atom stereocenters. The molecule has 2 N–H and O–H groups in total. The van der Waals surface area contributed by atoms with E-state index in [0.29, 0.717) is 16.9 Å². The first-order valence-electron chi connectivity index (χ1n) is 9.77. The Hall–Kier alpha value is -2.88. The standard InChI is InChI=1S/C21H21F3N2O4S/c1-2-11-3-6-15-12(7-11)8-16(31-15)21(29)30-10-18(28)25-9-17(27)26-14-5-4-13(22)19(23)20(14)24/h4-5,8,11H,2-3,6-7,9-10H2,1H3,(H,25,28)(H,26,27)/t11-/m0/s1. The second-order valence-electron chi connectivity index (χ2n) is 7.20. The van der Waals surface area contributed by atoms with Crippen LogP contribution in [0.4, 0.5) is 18.9 Å². The summed E-state index contributed by atoms with van der Waals surface area (Å²) < 4.78 is 44.6. The fourth-order valence-corrected chi connectivity index (χ4v) is 4.40. The first kappa shape index (κ1) is 22.8. The van der Waals surface area contributed by atoms with E-state index in [1.807, 2.05) is 11.4 Å². The number of carbonyl (C=O) groups excluding carboxylic acids is 3. The summed E-state index contributed by atoms with van der Waals surface area (Å²) in [5, 5.41) is 4.22. The number of nitrogens with one attached hydrogen (secondary N) is 2. The number of esters is 1. The fraction of sp³-hybridized carbons (Fsp3) is 0.381. The number of ether oxygens (including phenoxy) is 1. The molecule has 31 heavy (non-hydrogen) atoms. The zero-order chi connectivity index (χ0) is 22.5. The maximum Gasteiger partial charge on any atom is 0.348 e. The van der Waals surface area contributed by atoms with Gasteiger partial charge in [-0.15, -0.1) is 11.3 Å². The van der Waals surface area contributed by atoms with Gasteiger partial charge >= 0.3 is 5.97 Å². The lowest BCUT2D eigenvalue weighted by atomic mass is 9.87. The summed E-state index contributed by atoms with van der Waals surface area (Å²) in [5.74, 6) is -6.24. The zero-order valence-electron chi connectivity index (χ0n) is 16.7. The van der Waals surface area contributed by atoms with Crippen molar-refractivity contribution in [3.05, 3.63) is 51.0 Å². The number of aryl methyl sites for hydroxylation is 1. The van der Waals surface area contributed by atoms with E-state index in [1.165, 1.54) is 16.2 Å². The summed E-state index contributed by atoms with van der Waals surface area (Å²) in [7, 11) is 0. The molecule has 1 aliphatic rings. The summed E-state index contributed by atoms with van der Waals surface area (Å²) in [6.45, 7) is 0.983. The van der Waals surface area contributed by atoms with Gasteiger partial charge in [0.05, 0.1) is 12.2 Å². The molecule has 0 aliphatic heterocycles. The van der Waals surface area contributed by atoms with Crippen molar-refractivity contribution in [1.29, 1.82) is 0 Å². The van der Waals surface area contributed by atoms with Crippen LogP contribution in [0.15, 0.2) is 18.2 Å². The van der Waals surface area contributed by atoms with Crippen molar-refractivity contribution in [2.45, 2.75) is 32.6 Å². The minimum absolute atomic E-state index is 0.432. The number of hydrogen-bond donors (Lipinski definition) is 2. The lowest BCUT2D eigenvalue weighted by Gasteiger charge is -2.19. The van der Waals surface area contributed by atoms with Crippen LogP contribution in [0.25, 0.3) is 0 Å². The van der Waals surface area contributed by atoms with E-state index in [9.17, 15) is 27.6 Å². The van der Waals surface area contributed by atoms with Crippen molar-refractivity contribution < 1.29 is 32.3 Å². The molecule has 0 fully saturated rings. The van der Waals surface area contributed by atoms with Crippen LogP contribution in [0.3, 0.4) is 0 Å². The van der Waals surface area contributed by atoms with Crippen LogP contribution < -0.4 is 10.6 Å². The molecule has 166 valence electrons. The molecule has 1 heterocycles. The van der Waals surface area contributed by atoms with E-state index in [0.717, 1.165) is 37.3 Å². The molecular weight excluding hydrogens is 433 g/mol. The van der Waals surface area contributed by atoms with E-state index in [-0.39, 0.29) is 0 Å². The minimum atomic E-state index is -1.71. The molecule has 2 amide bonds. The van der Waals surface area contributed by atoms with Crippen molar-refractivity contribution in [3.8, 4) is 0 Å². The molecule has 0 bridgehead atoms.